The Labute approximate surface area is 83.8 Å². The van der Waals surface area contributed by atoms with Gasteiger partial charge in [0.2, 0.25) is 0 Å². The summed E-state index contributed by atoms with van der Waals surface area (Å²) in [4.78, 5) is 0. The summed E-state index contributed by atoms with van der Waals surface area (Å²) in [7, 11) is 0. The van der Waals surface area contributed by atoms with E-state index in [1.165, 1.54) is 0 Å². The molecule has 2 aromatic carbocycles. The van der Waals surface area contributed by atoms with Crippen LogP contribution in [0.1, 0.15) is 0 Å². The summed E-state index contributed by atoms with van der Waals surface area (Å²) in [6.45, 7) is 0. The van der Waals surface area contributed by atoms with Crippen LogP contribution in [-0.4, -0.2) is 0 Å². The van der Waals surface area contributed by atoms with E-state index in [0.717, 1.165) is 5.02 Å². The summed E-state index contributed by atoms with van der Waals surface area (Å²) >= 11 is 5.51. The maximum atomic E-state index is 5.51. The van der Waals surface area contributed by atoms with Crippen LogP contribution >= 0.6 is 11.6 Å². The number of hydrogen-bond donors (Lipinski definition) is 0. The van der Waals surface area contributed by atoms with E-state index in [4.69, 9.17) is 11.6 Å². The Hall–Kier alpha value is -1.27. The Balaban J connectivity index is 0.000000132. The van der Waals surface area contributed by atoms with Gasteiger partial charge in [-0.1, -0.05) is 60.1 Å². The third-order valence-corrected chi connectivity index (χ3v) is 1.57. The highest BCUT2D eigenvalue weighted by atomic mass is 35.5. The van der Waals surface area contributed by atoms with Crippen molar-refractivity contribution in [2.45, 2.75) is 0 Å². The number of halogens is 1. The summed E-state index contributed by atoms with van der Waals surface area (Å²) in [5.41, 5.74) is 0. The quantitative estimate of drug-likeness (QED) is 0.591. The molecule has 0 bridgehead atoms. The molecular formula is C12H10Cl. The third-order valence-electron chi connectivity index (χ3n) is 1.34. The predicted octanol–water partition coefficient (Wildman–Crippen LogP) is 3.83. The molecule has 0 aliphatic heterocycles. The molecule has 0 fully saturated rings. The van der Waals surface area contributed by atoms with Crippen LogP contribution in [0.3, 0.4) is 0 Å². The van der Waals surface area contributed by atoms with Crippen LogP contribution in [0.4, 0.5) is 0 Å². The van der Waals surface area contributed by atoms with E-state index >= 15 is 0 Å². The van der Waals surface area contributed by atoms with Gasteiger partial charge in [-0.25, -0.2) is 0 Å². The van der Waals surface area contributed by atoms with Gasteiger partial charge in [0.1, 0.15) is 0 Å². The average Bonchev–Trinajstić information content (AvgIpc) is 2.22. The highest BCUT2D eigenvalue weighted by molar-refractivity contribution is 6.30. The molecule has 0 nitrogen and oxygen atoms in total. The van der Waals surface area contributed by atoms with E-state index in [1.807, 2.05) is 54.6 Å². The van der Waals surface area contributed by atoms with Crippen LogP contribution in [0.25, 0.3) is 0 Å². The first-order valence-corrected chi connectivity index (χ1v) is 4.39. The van der Waals surface area contributed by atoms with Crippen molar-refractivity contribution in [1.29, 1.82) is 0 Å². The summed E-state index contributed by atoms with van der Waals surface area (Å²) in [6.07, 6.45) is 0. The molecule has 0 saturated heterocycles. The lowest BCUT2D eigenvalue weighted by molar-refractivity contribution is 1.69. The first kappa shape index (κ1) is 9.82. The Bertz CT molecular complexity index is 276. The van der Waals surface area contributed by atoms with E-state index in [1.54, 1.807) is 6.07 Å². The first-order chi connectivity index (χ1) is 6.39. The van der Waals surface area contributed by atoms with Crippen molar-refractivity contribution < 1.29 is 0 Å². The molecule has 1 heteroatoms. The fourth-order valence-electron chi connectivity index (χ4n) is 0.756. The number of benzene rings is 2. The SMILES string of the molecule is Clc1c[c]ccc1.c1ccccc1. The van der Waals surface area contributed by atoms with E-state index in [0.29, 0.717) is 0 Å². The lowest BCUT2D eigenvalue weighted by Crippen LogP contribution is -1.56. The van der Waals surface area contributed by atoms with Crippen LogP contribution in [-0.2, 0) is 0 Å². The van der Waals surface area contributed by atoms with Gasteiger partial charge in [0.25, 0.3) is 0 Å². The van der Waals surface area contributed by atoms with Gasteiger partial charge in [-0.15, -0.1) is 0 Å². The average molecular weight is 190 g/mol. The fraction of sp³-hybridized carbons (Fsp3) is 0. The topological polar surface area (TPSA) is 0 Å². The highest BCUT2D eigenvalue weighted by Crippen LogP contribution is 2.02. The van der Waals surface area contributed by atoms with Gasteiger partial charge in [-0.2, -0.15) is 0 Å². The summed E-state index contributed by atoms with van der Waals surface area (Å²) < 4.78 is 0. The zero-order valence-electron chi connectivity index (χ0n) is 7.15. The fourth-order valence-corrected chi connectivity index (χ4v) is 0.892. The normalized spacial score (nSPS) is 8.38. The van der Waals surface area contributed by atoms with E-state index in [-0.39, 0.29) is 0 Å². The summed E-state index contributed by atoms with van der Waals surface area (Å²) in [6, 6.07) is 22.0. The number of rotatable bonds is 0. The van der Waals surface area contributed by atoms with Crippen molar-refractivity contribution >= 4 is 11.6 Å². The van der Waals surface area contributed by atoms with E-state index < -0.39 is 0 Å². The molecule has 0 amide bonds. The van der Waals surface area contributed by atoms with Crippen molar-refractivity contribution in [3.63, 3.8) is 0 Å². The molecule has 0 N–H and O–H groups in total. The third kappa shape index (κ3) is 5.05. The van der Waals surface area contributed by atoms with Gasteiger partial charge < -0.3 is 0 Å². The highest BCUT2D eigenvalue weighted by Gasteiger charge is 1.75. The molecule has 0 aliphatic carbocycles. The van der Waals surface area contributed by atoms with Crippen LogP contribution in [0.5, 0.6) is 0 Å². The summed E-state index contributed by atoms with van der Waals surface area (Å²) in [5.74, 6) is 0. The molecule has 0 saturated carbocycles. The van der Waals surface area contributed by atoms with Crippen LogP contribution in [0, 0.1) is 6.07 Å². The molecule has 65 valence electrons. The van der Waals surface area contributed by atoms with Gasteiger partial charge >= 0.3 is 0 Å². The molecule has 0 heterocycles. The Morgan fingerprint density at radius 2 is 1.38 bits per heavy atom. The number of hydrogen-bond acceptors (Lipinski definition) is 0. The van der Waals surface area contributed by atoms with Gasteiger partial charge in [-0.3, -0.25) is 0 Å². The lowest BCUT2D eigenvalue weighted by atomic mass is 10.4. The van der Waals surface area contributed by atoms with Crippen molar-refractivity contribution in [2.75, 3.05) is 0 Å². The van der Waals surface area contributed by atoms with Crippen LogP contribution in [0.15, 0.2) is 60.7 Å². The van der Waals surface area contributed by atoms with Crippen LogP contribution < -0.4 is 0 Å². The minimum atomic E-state index is 0.738. The minimum Gasteiger partial charge on any atom is -0.0843 e. The second-order valence-electron chi connectivity index (χ2n) is 2.38. The molecule has 13 heavy (non-hydrogen) atoms. The molecular weight excluding hydrogens is 180 g/mol. The zero-order valence-corrected chi connectivity index (χ0v) is 7.91. The van der Waals surface area contributed by atoms with Crippen molar-refractivity contribution in [3.8, 4) is 0 Å². The van der Waals surface area contributed by atoms with Gasteiger partial charge in [0.15, 0.2) is 0 Å². The second-order valence-corrected chi connectivity index (χ2v) is 2.81. The molecule has 2 aromatic rings. The lowest BCUT2D eigenvalue weighted by Gasteiger charge is -1.79. The molecule has 0 spiro atoms. The van der Waals surface area contributed by atoms with Crippen molar-refractivity contribution in [2.24, 2.45) is 0 Å². The molecule has 0 aliphatic rings. The Kier molecular flexibility index (Phi) is 4.73. The molecule has 0 atom stereocenters. The molecule has 0 aromatic heterocycles. The second kappa shape index (κ2) is 6.27. The predicted molar refractivity (Wildman–Crippen MR) is 56.7 cm³/mol. The van der Waals surface area contributed by atoms with Gasteiger partial charge in [0.05, 0.1) is 0 Å². The minimum absolute atomic E-state index is 0.738. The van der Waals surface area contributed by atoms with Crippen LogP contribution in [0.2, 0.25) is 5.02 Å². The van der Waals surface area contributed by atoms with E-state index in [2.05, 4.69) is 6.07 Å². The monoisotopic (exact) mass is 189 g/mol. The molecule has 0 unspecified atom stereocenters. The maximum Gasteiger partial charge on any atom is 0.0412 e. The Morgan fingerprint density at radius 1 is 0.846 bits per heavy atom. The summed E-state index contributed by atoms with van der Waals surface area (Å²) in [5, 5.41) is 0.738. The van der Waals surface area contributed by atoms with Crippen molar-refractivity contribution in [3.05, 3.63) is 71.8 Å². The smallest absolute Gasteiger partial charge is 0.0412 e. The largest absolute Gasteiger partial charge is 0.0843 e. The van der Waals surface area contributed by atoms with Crippen molar-refractivity contribution in [1.82, 2.24) is 0 Å². The maximum absolute atomic E-state index is 5.51. The molecule has 1 radical (unpaired) electrons. The van der Waals surface area contributed by atoms with Gasteiger partial charge in [0, 0.05) is 5.02 Å². The van der Waals surface area contributed by atoms with E-state index in [9.17, 15) is 0 Å². The van der Waals surface area contributed by atoms with Gasteiger partial charge in [-0.05, 0) is 18.2 Å². The molecule has 2 rings (SSSR count). The zero-order chi connectivity index (χ0) is 9.36. The standard InChI is InChI=1S/C6H4Cl.C6H6/c7-6-4-2-1-3-5-6;1-2-4-6-5-3-1/h1-2,4-5H;1-6H. The first-order valence-electron chi connectivity index (χ1n) is 4.01. The Morgan fingerprint density at radius 3 is 1.62 bits per heavy atom.